The molecule has 0 aromatic heterocycles. The van der Waals surface area contributed by atoms with Crippen molar-refractivity contribution in [1.82, 2.24) is 79.8 Å². The maximum absolute atomic E-state index is 14.3. The van der Waals surface area contributed by atoms with E-state index in [0.717, 1.165) is 6.92 Å². The average molecular weight is 1470 g/mol. The first-order valence-corrected chi connectivity index (χ1v) is 31.9. The van der Waals surface area contributed by atoms with Gasteiger partial charge in [0, 0.05) is 25.8 Å². The van der Waals surface area contributed by atoms with Gasteiger partial charge in [0.15, 0.2) is 5.96 Å². The summed E-state index contributed by atoms with van der Waals surface area (Å²) in [6.45, 7) is 2.38. The predicted octanol–water partition coefficient (Wildman–Crippen LogP) is -9.76. The molecule has 572 valence electrons. The number of nitrogens with two attached hydrogens (primary N) is 2. The Labute approximate surface area is 588 Å². The Balaban J connectivity index is 3.15. The lowest BCUT2D eigenvalue weighted by Crippen LogP contribution is -2.59. The molecular formula is C60H92N18O25. The summed E-state index contributed by atoms with van der Waals surface area (Å²) < 4.78 is 0. The minimum Gasteiger partial charge on any atom is -0.481 e. The number of nitrogens with one attached hydrogen (secondary N) is 16. The van der Waals surface area contributed by atoms with Crippen LogP contribution < -0.4 is 91.2 Å². The first-order chi connectivity index (χ1) is 48.2. The maximum atomic E-state index is 14.3. The molecule has 0 radical (unpaired) electrons. The van der Waals surface area contributed by atoms with Gasteiger partial charge in [-0.1, -0.05) is 58.0 Å². The van der Waals surface area contributed by atoms with E-state index in [1.807, 2.05) is 10.6 Å². The van der Waals surface area contributed by atoms with Gasteiger partial charge in [0.25, 0.3) is 0 Å². The molecule has 0 aliphatic heterocycles. The fourth-order valence-electron chi connectivity index (χ4n) is 8.85. The van der Waals surface area contributed by atoms with Crippen LogP contribution >= 0.6 is 0 Å². The van der Waals surface area contributed by atoms with Gasteiger partial charge in [0.2, 0.25) is 82.7 Å². The number of amides is 14. The molecule has 0 aliphatic rings. The minimum atomic E-state index is -2.00. The largest absolute Gasteiger partial charge is 0.481 e. The number of carbonyl (C=O) groups is 19. The molecule has 0 saturated carbocycles. The standard InChI is InChI=1S/C60H92N18O25/c1-28(2)18-36(55(98)70-30(5)50(93)73-34(14-16-46(87)88)53(96)67-23-41(81)65-22-40(80)66-24-44(84)78-49(29(3)4)58(101)74-35(59(102)103)12-9-17-64-60(62)63)75-56(99)37(19-31-10-7-6-8-11-31)76-57(100)38(21-48(91)92)72-43(83)26-68-52(95)33(13-15-45(85)86)71-42(82)25-69-54(97)39(27-79)77-51(94)32(61)20-47(89)90/h6-8,10-11,28-30,32-39,49,79H,9,12-27,61H2,1-5H3,(H,65,81)(H,66,80)(H,67,96)(H,68,95)(H,69,97)(H,70,98)(H,71,82)(H,72,83)(H,73,93)(H,74,101)(H,75,99)(H,76,100)(H,77,94)(H,78,84)(H,85,86)(H,87,88)(H,89,90)(H,91,92)(H,102,103)(H4,62,63,64)/t30-,32-,33-,34-,35-,36-,37-,38-,39-,49-/m0/s1. The van der Waals surface area contributed by atoms with Crippen molar-refractivity contribution in [3.8, 4) is 0 Å². The van der Waals surface area contributed by atoms with Gasteiger partial charge in [-0.25, -0.2) is 4.79 Å². The highest BCUT2D eigenvalue weighted by atomic mass is 16.4. The molecule has 0 heterocycles. The van der Waals surface area contributed by atoms with Crippen LogP contribution in [0.4, 0.5) is 0 Å². The number of benzene rings is 1. The molecule has 0 unspecified atom stereocenters. The van der Waals surface area contributed by atoms with E-state index in [-0.39, 0.29) is 44.1 Å². The maximum Gasteiger partial charge on any atom is 0.326 e. The van der Waals surface area contributed by atoms with Gasteiger partial charge in [-0.05, 0) is 56.4 Å². The van der Waals surface area contributed by atoms with Crippen molar-refractivity contribution in [3.63, 3.8) is 0 Å². The zero-order valence-corrected chi connectivity index (χ0v) is 56.9. The summed E-state index contributed by atoms with van der Waals surface area (Å²) in [4.78, 5) is 242. The Morgan fingerprint density at radius 3 is 1.33 bits per heavy atom. The second-order valence-electron chi connectivity index (χ2n) is 23.8. The number of guanidine groups is 1. The molecule has 103 heavy (non-hydrogen) atoms. The van der Waals surface area contributed by atoms with Gasteiger partial charge in [-0.2, -0.15) is 0 Å². The Bertz CT molecular complexity index is 3210. The van der Waals surface area contributed by atoms with Crippen LogP contribution in [0.2, 0.25) is 0 Å². The second kappa shape index (κ2) is 46.6. The fourth-order valence-corrected chi connectivity index (χ4v) is 8.85. The Hall–Kier alpha value is -11.7. The third-order valence-corrected chi connectivity index (χ3v) is 14.2. The zero-order valence-electron chi connectivity index (χ0n) is 56.9. The second-order valence-corrected chi connectivity index (χ2v) is 23.8. The van der Waals surface area contributed by atoms with Crippen molar-refractivity contribution in [1.29, 1.82) is 5.41 Å². The smallest absolute Gasteiger partial charge is 0.326 e. The molecule has 43 heteroatoms. The number of aliphatic hydroxyl groups excluding tert-OH is 1. The van der Waals surface area contributed by atoms with Crippen LogP contribution in [0.1, 0.15) is 98.0 Å². The molecule has 0 fully saturated rings. The van der Waals surface area contributed by atoms with Crippen molar-refractivity contribution < 1.29 is 122 Å². The summed E-state index contributed by atoms with van der Waals surface area (Å²) >= 11 is 0. The number of aliphatic carboxylic acids is 5. The molecule has 43 nitrogen and oxygen atoms in total. The summed E-state index contributed by atoms with van der Waals surface area (Å²) in [5, 5.41) is 97.4. The quantitative estimate of drug-likeness (QED) is 0.0164. The highest BCUT2D eigenvalue weighted by Crippen LogP contribution is 2.11. The summed E-state index contributed by atoms with van der Waals surface area (Å²) in [5.74, 6) is -23.6. The van der Waals surface area contributed by atoms with Crippen molar-refractivity contribution in [2.75, 3.05) is 45.9 Å². The monoisotopic (exact) mass is 1460 g/mol. The highest BCUT2D eigenvalue weighted by Gasteiger charge is 2.35. The van der Waals surface area contributed by atoms with E-state index in [9.17, 15) is 117 Å². The van der Waals surface area contributed by atoms with Crippen molar-refractivity contribution in [2.45, 2.75) is 159 Å². The van der Waals surface area contributed by atoms with Crippen LogP contribution in [0.3, 0.4) is 0 Å². The Morgan fingerprint density at radius 2 is 0.845 bits per heavy atom. The van der Waals surface area contributed by atoms with Crippen LogP contribution in [-0.2, 0) is 97.5 Å². The van der Waals surface area contributed by atoms with E-state index in [4.69, 9.17) is 22.0 Å². The summed E-state index contributed by atoms with van der Waals surface area (Å²) in [6.07, 6.45) is -4.91. The average Bonchev–Trinajstić information content (AvgIpc) is 0.847. The topological polar surface area (TPSA) is 702 Å². The molecule has 10 atom stereocenters. The van der Waals surface area contributed by atoms with Crippen LogP contribution in [-0.4, -0.2) is 255 Å². The Morgan fingerprint density at radius 1 is 0.417 bits per heavy atom. The van der Waals surface area contributed by atoms with E-state index in [1.165, 1.54) is 0 Å². The predicted molar refractivity (Wildman–Crippen MR) is 353 cm³/mol. The summed E-state index contributed by atoms with van der Waals surface area (Å²) in [7, 11) is 0. The molecular weight excluding hydrogens is 1370 g/mol. The van der Waals surface area contributed by atoms with Gasteiger partial charge in [-0.15, -0.1) is 0 Å². The lowest BCUT2D eigenvalue weighted by atomic mass is 10.0. The first-order valence-electron chi connectivity index (χ1n) is 31.9. The van der Waals surface area contributed by atoms with Crippen molar-refractivity contribution in [3.05, 3.63) is 35.9 Å². The van der Waals surface area contributed by atoms with Crippen LogP contribution in [0.15, 0.2) is 30.3 Å². The third-order valence-electron chi connectivity index (χ3n) is 14.2. The molecule has 1 aromatic rings. The number of carboxylic acid groups (broad SMARTS) is 5. The van der Waals surface area contributed by atoms with E-state index in [2.05, 4.69) is 69.1 Å². The normalized spacial score (nSPS) is 13.7. The third kappa shape index (κ3) is 37.9. The Kier molecular flexibility index (Phi) is 40.5. The number of carbonyl (C=O) groups excluding carboxylic acids is 14. The van der Waals surface area contributed by atoms with E-state index >= 15 is 0 Å². The molecule has 0 aliphatic carbocycles. The number of rotatable bonds is 49. The minimum absolute atomic E-state index is 0.0493. The van der Waals surface area contributed by atoms with Crippen LogP contribution in [0, 0.1) is 17.2 Å². The molecule has 1 aromatic carbocycles. The van der Waals surface area contributed by atoms with Gasteiger partial charge in [0.05, 0.1) is 58.2 Å². The summed E-state index contributed by atoms with van der Waals surface area (Å²) in [6, 6.07) is -8.23. The molecule has 0 saturated heterocycles. The highest BCUT2D eigenvalue weighted by molar-refractivity contribution is 6.00. The molecule has 26 N–H and O–H groups in total. The zero-order chi connectivity index (χ0) is 78.2. The molecule has 14 amide bonds. The number of hydrogen-bond acceptors (Lipinski definition) is 22. The van der Waals surface area contributed by atoms with E-state index < -0.39 is 257 Å². The van der Waals surface area contributed by atoms with Gasteiger partial charge in [0.1, 0.15) is 54.4 Å². The summed E-state index contributed by atoms with van der Waals surface area (Å²) in [5.41, 5.74) is 11.1. The van der Waals surface area contributed by atoms with Crippen LogP contribution in [0.5, 0.6) is 0 Å². The first kappa shape index (κ1) is 89.4. The van der Waals surface area contributed by atoms with Crippen LogP contribution in [0.25, 0.3) is 0 Å². The number of carboxylic acids is 5. The van der Waals surface area contributed by atoms with Gasteiger partial charge in [-0.3, -0.25) is 91.7 Å². The number of aliphatic hydroxyl groups is 1. The van der Waals surface area contributed by atoms with E-state index in [0.29, 0.717) is 5.56 Å². The SMILES string of the molecule is CC(C)C[C@H](NC(=O)[C@H](Cc1ccccc1)NC(=O)[C@H](CC(=O)O)NC(=O)CNC(=O)[C@H](CCC(=O)O)NC(=O)CNC(=O)[C@H](CO)NC(=O)[C@@H](N)CC(=O)O)C(=O)N[C@@H](C)C(=O)N[C@@H](CCC(=O)O)C(=O)NCC(=O)NCC(=O)NCC(=O)N[C@H](C(=O)N[C@@H](CCCNC(=N)N)C(=O)O)C(C)C. The fraction of sp³-hybridized carbons (Fsp3) is 0.567. The number of hydrogen-bond donors (Lipinski definition) is 24. The van der Waals surface area contributed by atoms with Crippen molar-refractivity contribution >= 4 is 119 Å². The molecule has 1 rings (SSSR count). The van der Waals surface area contributed by atoms with E-state index in [1.54, 1.807) is 58.0 Å². The van der Waals surface area contributed by atoms with Gasteiger partial charge < -0.3 is 122 Å². The lowest BCUT2D eigenvalue weighted by molar-refractivity contribution is -0.143. The molecule has 0 spiro atoms. The molecule has 0 bridgehead atoms. The lowest BCUT2D eigenvalue weighted by Gasteiger charge is -2.27. The van der Waals surface area contributed by atoms with Gasteiger partial charge >= 0.3 is 29.8 Å². The van der Waals surface area contributed by atoms with Crippen molar-refractivity contribution in [2.24, 2.45) is 23.3 Å².